The fourth-order valence-electron chi connectivity index (χ4n) is 7.72. The van der Waals surface area contributed by atoms with Gasteiger partial charge in [-0.2, -0.15) is 17.3 Å². The van der Waals surface area contributed by atoms with Gasteiger partial charge in [-0.05, 0) is 81.5 Å². The maximum absolute atomic E-state index is 13.8. The molecule has 0 aliphatic carbocycles. The number of sulfonamides is 1. The largest absolute Gasteiger partial charge is 0.691 e. The molecule has 15 nitrogen and oxygen atoms in total. The van der Waals surface area contributed by atoms with Gasteiger partial charge in [0.15, 0.2) is 5.71 Å². The van der Waals surface area contributed by atoms with Crippen LogP contribution in [0.15, 0.2) is 94.4 Å². The molecular formula is C44H61N3O12S4. The van der Waals surface area contributed by atoms with Gasteiger partial charge in [-0.15, -0.1) is 4.33 Å². The first-order valence-corrected chi connectivity index (χ1v) is 25.4. The van der Waals surface area contributed by atoms with E-state index in [4.69, 9.17) is 5.26 Å². The van der Waals surface area contributed by atoms with Crippen molar-refractivity contribution in [2.24, 2.45) is 5.41 Å². The van der Waals surface area contributed by atoms with Crippen molar-refractivity contribution in [2.75, 3.05) is 43.1 Å². The molecule has 0 unspecified atom stereocenters. The molecule has 0 aromatic heterocycles. The van der Waals surface area contributed by atoms with Crippen LogP contribution in [-0.2, 0) is 54.5 Å². The third-order valence-electron chi connectivity index (χ3n) is 11.2. The normalized spacial score (nSPS) is 17.1. The van der Waals surface area contributed by atoms with Crippen molar-refractivity contribution in [1.29, 1.82) is 0 Å². The van der Waals surface area contributed by atoms with Crippen molar-refractivity contribution in [1.82, 2.24) is 4.31 Å². The van der Waals surface area contributed by atoms with Crippen molar-refractivity contribution >= 4 is 67.1 Å². The Labute approximate surface area is 381 Å². The van der Waals surface area contributed by atoms with E-state index in [1.165, 1.54) is 4.31 Å². The van der Waals surface area contributed by atoms with Crippen LogP contribution in [0.5, 0.6) is 0 Å². The third-order valence-corrected chi connectivity index (χ3v) is 15.1. The lowest BCUT2D eigenvalue weighted by Crippen LogP contribution is -2.29. The minimum atomic E-state index is -4.07. The van der Waals surface area contributed by atoms with E-state index in [0.717, 1.165) is 70.8 Å². The number of carbonyl (C=O) groups is 1. The Morgan fingerprint density at radius 3 is 2.30 bits per heavy atom. The third kappa shape index (κ3) is 13.9. The molecule has 2 aliphatic heterocycles. The summed E-state index contributed by atoms with van der Waals surface area (Å²) in [4.78, 5) is 15.6. The molecule has 0 atom stereocenters. The molecule has 0 radical (unpaired) electrons. The predicted octanol–water partition coefficient (Wildman–Crippen LogP) is 8.18. The van der Waals surface area contributed by atoms with E-state index in [1.54, 1.807) is 19.2 Å². The molecule has 0 amide bonds. The van der Waals surface area contributed by atoms with Crippen molar-refractivity contribution in [2.45, 2.75) is 108 Å². The molecule has 0 bridgehead atoms. The van der Waals surface area contributed by atoms with Crippen molar-refractivity contribution in [3.05, 3.63) is 95.8 Å². The van der Waals surface area contributed by atoms with E-state index in [9.17, 15) is 31.4 Å². The zero-order valence-corrected chi connectivity index (χ0v) is 40.5. The number of ketones is 1. The maximum Gasteiger partial charge on any atom is 0.264 e. The Balaban J connectivity index is 1.58. The van der Waals surface area contributed by atoms with Crippen LogP contribution < -0.4 is 10.2 Å². The Bertz CT molecular complexity index is 2300. The first-order chi connectivity index (χ1) is 29.6. The molecule has 2 aromatic carbocycles. The van der Waals surface area contributed by atoms with Crippen LogP contribution in [0.1, 0.15) is 98.1 Å². The average Bonchev–Trinajstić information content (AvgIpc) is 3.55. The predicted molar refractivity (Wildman–Crippen MR) is 245 cm³/mol. The van der Waals surface area contributed by atoms with Gasteiger partial charge in [0, 0.05) is 95.6 Å². The fraction of sp³-hybridized carbons (Fsp3) is 0.500. The molecule has 2 aromatic rings. The van der Waals surface area contributed by atoms with Crippen LogP contribution in [-0.4, -0.2) is 85.2 Å². The first kappa shape index (κ1) is 52.4. The number of unbranched alkanes of at least 4 members (excludes halogenated alkanes) is 2. The van der Waals surface area contributed by atoms with Crippen molar-refractivity contribution in [3.8, 4) is 0 Å². The summed E-state index contributed by atoms with van der Waals surface area (Å²) in [6, 6.07) is 11.0. The molecule has 0 saturated heterocycles. The molecule has 2 heterocycles. The number of hydrogen-bond acceptors (Lipinski definition) is 14. The summed E-state index contributed by atoms with van der Waals surface area (Å²) in [7, 11) is -6.37. The van der Waals surface area contributed by atoms with Crippen LogP contribution >= 0.6 is 24.1 Å². The van der Waals surface area contributed by atoms with Gasteiger partial charge in [0.25, 0.3) is 10.1 Å². The molecular weight excluding hydrogens is 891 g/mol. The Hall–Kier alpha value is -3.18. The van der Waals surface area contributed by atoms with Crippen LogP contribution in [0.2, 0.25) is 0 Å². The summed E-state index contributed by atoms with van der Waals surface area (Å²) in [5.74, 6) is 0.323. The number of anilines is 1. The lowest BCUT2D eigenvalue weighted by Gasteiger charge is -2.27. The number of nitrogens with zero attached hydrogens (tertiary/aromatic N) is 3. The Morgan fingerprint density at radius 1 is 0.905 bits per heavy atom. The molecule has 63 heavy (non-hydrogen) atoms. The van der Waals surface area contributed by atoms with E-state index in [-0.39, 0.29) is 23.0 Å². The number of hydrogen-bond donors (Lipinski definition) is 2. The minimum absolute atomic E-state index is 0.0894. The number of carbonyl (C=O) groups excluding carboxylic acids is 1. The van der Waals surface area contributed by atoms with Gasteiger partial charge in [0.2, 0.25) is 15.7 Å². The highest BCUT2D eigenvalue weighted by molar-refractivity contribution is 7.94. The van der Waals surface area contributed by atoms with Crippen LogP contribution in [0.4, 0.5) is 11.4 Å². The van der Waals surface area contributed by atoms with Crippen molar-refractivity contribution in [3.63, 3.8) is 0 Å². The molecule has 348 valence electrons. The van der Waals surface area contributed by atoms with Gasteiger partial charge in [0.1, 0.15) is 12.3 Å². The summed E-state index contributed by atoms with van der Waals surface area (Å²) in [6.07, 6.45) is 16.7. The second-order valence-corrected chi connectivity index (χ2v) is 22.6. The van der Waals surface area contributed by atoms with Gasteiger partial charge in [-0.3, -0.25) is 14.4 Å². The number of fused-ring (bicyclic) bond motifs is 2. The van der Waals surface area contributed by atoms with Gasteiger partial charge in [-0.25, -0.2) is 18.0 Å². The fourth-order valence-corrected chi connectivity index (χ4v) is 10.4. The zero-order chi connectivity index (χ0) is 46.6. The number of allylic oxidation sites excluding steroid dienone is 8. The van der Waals surface area contributed by atoms with E-state index in [2.05, 4.69) is 55.9 Å². The van der Waals surface area contributed by atoms with Crippen LogP contribution in [0, 0.1) is 5.41 Å². The minimum Gasteiger partial charge on any atom is -0.691 e. The lowest BCUT2D eigenvalue weighted by atomic mass is 9.81. The van der Waals surface area contributed by atoms with E-state index < -0.39 is 36.4 Å². The second-order valence-electron chi connectivity index (χ2n) is 17.5. The van der Waals surface area contributed by atoms with Crippen LogP contribution in [0.25, 0.3) is 0 Å². The highest BCUT2D eigenvalue weighted by Crippen LogP contribution is 2.49. The summed E-state index contributed by atoms with van der Waals surface area (Å²) in [5, 5.41) is 26.1. The van der Waals surface area contributed by atoms with Crippen LogP contribution in [0.3, 0.4) is 0 Å². The molecule has 0 fully saturated rings. The molecule has 2 N–H and O–H groups in total. The number of benzene rings is 2. The average molecular weight is 952 g/mol. The molecule has 4 rings (SSSR count). The summed E-state index contributed by atoms with van der Waals surface area (Å²) < 4.78 is 72.1. The Kier molecular flexibility index (Phi) is 19.0. The maximum atomic E-state index is 13.8. The van der Waals surface area contributed by atoms with Crippen molar-refractivity contribution < 1.29 is 60.0 Å². The highest BCUT2D eigenvalue weighted by Gasteiger charge is 2.44. The lowest BCUT2D eigenvalue weighted by molar-refractivity contribution is -0.777. The molecule has 0 saturated carbocycles. The number of Topliss-reactive ketones (excluding diaryl/α,β-unsaturated/α-hetero) is 1. The summed E-state index contributed by atoms with van der Waals surface area (Å²) >= 11 is 1.81. The Morgan fingerprint density at radius 2 is 1.62 bits per heavy atom. The smallest absolute Gasteiger partial charge is 0.264 e. The van der Waals surface area contributed by atoms with E-state index >= 15 is 0 Å². The van der Waals surface area contributed by atoms with Gasteiger partial charge < -0.3 is 10.2 Å². The van der Waals surface area contributed by atoms with E-state index in [0.29, 0.717) is 49.4 Å². The highest BCUT2D eigenvalue weighted by atomic mass is 32.2. The molecule has 0 spiro atoms. The van der Waals surface area contributed by atoms with Gasteiger partial charge in [-0.1, -0.05) is 70.0 Å². The molecule has 2 aliphatic rings. The second kappa shape index (κ2) is 22.8. The van der Waals surface area contributed by atoms with E-state index in [1.807, 2.05) is 87.6 Å². The topological polar surface area (TPSA) is 195 Å². The standard InChI is InChI=1S/C44H61N3O12S4/c1-42(2,3)41(48)21-18-26-45(8)63(54,55)34-23-25-38-36(32-34)44(6,7)40(46(38)27-14-16-29-60-58-56-49)20-13-11-9-10-12-19-39-43(4,5)35-31-33(61-59-57-50)22-24-37(35)47(39)28-15-17-30-62(51,52)53/h9-13,19-20,22-25,31-32H,14-18,21,26-30H2,1-8H3,(H2-,49,50,51,52,53). The SMILES string of the molecule is CN(CCCC(=O)C(C)(C)C)S(=O)(=O)c1ccc2c(c1)C(C)(C)\C(=C/C=C/C=C/C=C/C1=[N+](CCCCS(=O)(=O)O)c3ccc(SOOO)cc3C1(C)C)N2CCCCSOO[O-]. The quantitative estimate of drug-likeness (QED) is 0.0184. The van der Waals surface area contributed by atoms with Gasteiger partial charge >= 0.3 is 0 Å². The molecule has 19 heteroatoms. The summed E-state index contributed by atoms with van der Waals surface area (Å²) in [6.45, 7) is 15.3. The first-order valence-electron chi connectivity index (χ1n) is 20.7. The monoisotopic (exact) mass is 951 g/mol. The summed E-state index contributed by atoms with van der Waals surface area (Å²) in [5.41, 5.74) is 4.19. The van der Waals surface area contributed by atoms with Gasteiger partial charge in [0.05, 0.1) is 28.1 Å². The zero-order valence-electron chi connectivity index (χ0n) is 37.2. The number of rotatable bonds is 25.